The predicted molar refractivity (Wildman–Crippen MR) is 176 cm³/mol. The summed E-state index contributed by atoms with van der Waals surface area (Å²) in [6.45, 7) is 0. The number of para-hydroxylation sites is 2. The zero-order valence-corrected chi connectivity index (χ0v) is 23.2. The summed E-state index contributed by atoms with van der Waals surface area (Å²) < 4.78 is 10.3. The summed E-state index contributed by atoms with van der Waals surface area (Å²) in [5, 5.41) is 10.0. The van der Waals surface area contributed by atoms with Crippen LogP contribution in [0.5, 0.6) is 0 Å². The first-order valence-electron chi connectivity index (χ1n) is 14.5. The molecular weight excluding hydrogens is 526 g/mol. The molecule has 4 nitrogen and oxygen atoms in total. The van der Waals surface area contributed by atoms with Gasteiger partial charge in [-0.2, -0.15) is 5.10 Å². The third-order valence-corrected chi connectivity index (χ3v) is 8.42. The van der Waals surface area contributed by atoms with Gasteiger partial charge in [0.25, 0.3) is 0 Å². The molecule has 0 N–H and O–H groups in total. The number of fused-ring (bicyclic) bond motifs is 6. The van der Waals surface area contributed by atoms with Crippen LogP contribution in [0.1, 0.15) is 0 Å². The lowest BCUT2D eigenvalue weighted by atomic mass is 9.96. The number of hydrogen-bond acceptors (Lipinski definition) is 2. The number of rotatable bonds is 4. The second kappa shape index (κ2) is 9.33. The Morgan fingerprint density at radius 3 is 2.07 bits per heavy atom. The van der Waals surface area contributed by atoms with Gasteiger partial charge in [-0.3, -0.25) is 0 Å². The van der Waals surface area contributed by atoms with Crippen molar-refractivity contribution in [3.05, 3.63) is 152 Å². The van der Waals surface area contributed by atoms with Gasteiger partial charge < -0.3 is 8.98 Å². The minimum Gasteiger partial charge on any atom is -0.463 e. The van der Waals surface area contributed by atoms with Gasteiger partial charge >= 0.3 is 0 Å². The van der Waals surface area contributed by atoms with Crippen LogP contribution in [-0.4, -0.2) is 14.2 Å². The summed E-state index contributed by atoms with van der Waals surface area (Å²) in [5.41, 5.74) is 9.74. The van der Waals surface area contributed by atoms with Gasteiger partial charge in [0, 0.05) is 33.0 Å². The van der Waals surface area contributed by atoms with Crippen LogP contribution < -0.4 is 0 Å². The Morgan fingerprint density at radius 1 is 0.535 bits per heavy atom. The number of benzene rings is 5. The van der Waals surface area contributed by atoms with E-state index in [9.17, 15) is 0 Å². The van der Waals surface area contributed by atoms with E-state index in [1.54, 1.807) is 6.26 Å². The Hall–Kier alpha value is -5.87. The monoisotopic (exact) mass is 551 g/mol. The highest BCUT2D eigenvalue weighted by Gasteiger charge is 2.23. The van der Waals surface area contributed by atoms with Crippen LogP contribution in [0.15, 0.2) is 156 Å². The summed E-state index contributed by atoms with van der Waals surface area (Å²) in [6.07, 6.45) is 1.72. The molecule has 0 saturated heterocycles. The third kappa shape index (κ3) is 3.60. The van der Waals surface area contributed by atoms with Crippen molar-refractivity contribution in [3.63, 3.8) is 0 Å². The van der Waals surface area contributed by atoms with Crippen LogP contribution in [0.25, 0.3) is 77.6 Å². The van der Waals surface area contributed by atoms with Crippen LogP contribution in [-0.2, 0) is 0 Å². The second-order valence-corrected chi connectivity index (χ2v) is 10.9. The Bertz CT molecular complexity index is 2430. The van der Waals surface area contributed by atoms with Gasteiger partial charge in [0.2, 0.25) is 0 Å². The van der Waals surface area contributed by atoms with E-state index < -0.39 is 0 Å². The molecule has 0 fully saturated rings. The molecule has 5 aromatic carbocycles. The minimum atomic E-state index is 0.783. The molecule has 4 aromatic heterocycles. The van der Waals surface area contributed by atoms with E-state index in [1.807, 2.05) is 18.2 Å². The van der Waals surface area contributed by atoms with Crippen LogP contribution in [0, 0.1) is 0 Å². The van der Waals surface area contributed by atoms with E-state index in [0.717, 1.165) is 55.8 Å². The van der Waals surface area contributed by atoms with Crippen molar-refractivity contribution < 1.29 is 4.42 Å². The fourth-order valence-corrected chi connectivity index (χ4v) is 6.54. The molecule has 0 aliphatic rings. The van der Waals surface area contributed by atoms with E-state index in [2.05, 4.69) is 136 Å². The van der Waals surface area contributed by atoms with Gasteiger partial charge in [0.1, 0.15) is 11.4 Å². The van der Waals surface area contributed by atoms with Crippen LogP contribution in [0.4, 0.5) is 0 Å². The maximum absolute atomic E-state index is 5.92. The molecule has 0 aliphatic heterocycles. The number of pyridine rings is 1. The fraction of sp³-hybridized carbons (Fsp3) is 0. The molecule has 0 radical (unpaired) electrons. The van der Waals surface area contributed by atoms with E-state index in [-0.39, 0.29) is 0 Å². The van der Waals surface area contributed by atoms with Crippen molar-refractivity contribution in [1.82, 2.24) is 14.2 Å². The number of aromatic nitrogens is 3. The summed E-state index contributed by atoms with van der Waals surface area (Å²) in [5.74, 6) is 0.783. The molecule has 9 aromatic rings. The van der Waals surface area contributed by atoms with Gasteiger partial charge in [0.15, 0.2) is 5.76 Å². The van der Waals surface area contributed by atoms with Gasteiger partial charge in [0.05, 0.1) is 22.8 Å². The van der Waals surface area contributed by atoms with Crippen LogP contribution >= 0.6 is 0 Å². The molecule has 0 atom stereocenters. The first-order chi connectivity index (χ1) is 21.3. The Morgan fingerprint density at radius 2 is 1.26 bits per heavy atom. The molecule has 43 heavy (non-hydrogen) atoms. The average Bonchev–Trinajstić information content (AvgIpc) is 3.82. The zero-order valence-electron chi connectivity index (χ0n) is 23.2. The normalized spacial score (nSPS) is 11.7. The largest absolute Gasteiger partial charge is 0.463 e. The van der Waals surface area contributed by atoms with Gasteiger partial charge in [-0.15, -0.1) is 0 Å². The fourth-order valence-electron chi connectivity index (χ4n) is 6.54. The quantitative estimate of drug-likeness (QED) is 0.218. The highest BCUT2D eigenvalue weighted by atomic mass is 16.3. The average molecular weight is 552 g/mol. The van der Waals surface area contributed by atoms with Gasteiger partial charge in [-0.05, 0) is 59.5 Å². The molecular formula is C39H25N3O. The Kier molecular flexibility index (Phi) is 5.16. The maximum atomic E-state index is 5.92. The summed E-state index contributed by atoms with van der Waals surface area (Å²) >= 11 is 0. The van der Waals surface area contributed by atoms with Crippen molar-refractivity contribution in [2.45, 2.75) is 0 Å². The smallest absolute Gasteiger partial charge is 0.152 e. The van der Waals surface area contributed by atoms with E-state index >= 15 is 0 Å². The minimum absolute atomic E-state index is 0.783. The number of hydrogen-bond donors (Lipinski definition) is 0. The van der Waals surface area contributed by atoms with E-state index in [1.165, 1.54) is 21.8 Å². The lowest BCUT2D eigenvalue weighted by Crippen LogP contribution is -1.95. The lowest BCUT2D eigenvalue weighted by molar-refractivity contribution is 0.578. The topological polar surface area (TPSA) is 35.4 Å². The van der Waals surface area contributed by atoms with Gasteiger partial charge in [-0.1, -0.05) is 97.1 Å². The van der Waals surface area contributed by atoms with Crippen molar-refractivity contribution in [2.75, 3.05) is 0 Å². The molecule has 0 unspecified atom stereocenters. The molecule has 0 amide bonds. The molecule has 4 heterocycles. The predicted octanol–water partition coefficient (Wildman–Crippen LogP) is 10.2. The van der Waals surface area contributed by atoms with Crippen molar-refractivity contribution >= 4 is 38.1 Å². The molecule has 0 spiro atoms. The summed E-state index contributed by atoms with van der Waals surface area (Å²) in [7, 11) is 0. The van der Waals surface area contributed by atoms with Crippen LogP contribution in [0.3, 0.4) is 0 Å². The Labute approximate surface area is 247 Å². The lowest BCUT2D eigenvalue weighted by Gasteiger charge is -2.10. The first kappa shape index (κ1) is 23.8. The SMILES string of the molecule is c1ccc(-c2nn3c(-c4ccco4)cc4ccccc4c3c2-c2ccc3c(c2)c2ccccc2n3-c2ccccc2)cc1. The van der Waals surface area contributed by atoms with Crippen molar-refractivity contribution in [2.24, 2.45) is 0 Å². The maximum Gasteiger partial charge on any atom is 0.152 e. The number of nitrogens with zero attached hydrogens (tertiary/aromatic N) is 3. The van der Waals surface area contributed by atoms with Crippen molar-refractivity contribution in [1.29, 1.82) is 0 Å². The standard InChI is InChI=1S/C39H25N3O/c1-3-12-26(13-4-1)38-37(39-30-17-8-7-14-27(30)25-35(42(39)40-38)36-20-11-23-43-36)28-21-22-34-32(24-28)31-18-9-10-19-33(31)41(34)29-15-5-2-6-16-29/h1-25H. The summed E-state index contributed by atoms with van der Waals surface area (Å²) in [4.78, 5) is 0. The second-order valence-electron chi connectivity index (χ2n) is 10.9. The highest BCUT2D eigenvalue weighted by Crippen LogP contribution is 2.43. The molecule has 0 bridgehead atoms. The molecule has 9 rings (SSSR count). The van der Waals surface area contributed by atoms with E-state index in [0.29, 0.717) is 0 Å². The number of furan rings is 1. The van der Waals surface area contributed by atoms with E-state index in [4.69, 9.17) is 9.52 Å². The first-order valence-corrected chi connectivity index (χ1v) is 14.5. The molecule has 0 saturated carbocycles. The summed E-state index contributed by atoms with van der Waals surface area (Å²) in [6, 6.07) is 51.2. The molecule has 0 aliphatic carbocycles. The molecule has 4 heteroatoms. The zero-order chi connectivity index (χ0) is 28.3. The van der Waals surface area contributed by atoms with Crippen molar-refractivity contribution in [3.8, 4) is 39.5 Å². The molecule has 202 valence electrons. The van der Waals surface area contributed by atoms with Gasteiger partial charge in [-0.25, -0.2) is 4.52 Å². The Balaban J connectivity index is 1.42. The highest BCUT2D eigenvalue weighted by molar-refractivity contribution is 6.13. The third-order valence-electron chi connectivity index (χ3n) is 8.42. The van der Waals surface area contributed by atoms with Crippen LogP contribution in [0.2, 0.25) is 0 Å².